The van der Waals surface area contributed by atoms with Crippen LogP contribution in [-0.4, -0.2) is 36.4 Å². The molecule has 0 saturated heterocycles. The van der Waals surface area contributed by atoms with Crippen LogP contribution < -0.4 is 10.1 Å². The Morgan fingerprint density at radius 2 is 1.90 bits per heavy atom. The lowest BCUT2D eigenvalue weighted by atomic mass is 9.87. The molecule has 158 valence electrons. The van der Waals surface area contributed by atoms with Crippen LogP contribution in [-0.2, 0) is 16.0 Å². The number of benzene rings is 2. The molecule has 2 aromatic rings. The van der Waals surface area contributed by atoms with Gasteiger partial charge in [-0.2, -0.15) is 0 Å². The summed E-state index contributed by atoms with van der Waals surface area (Å²) in [7, 11) is 0. The lowest BCUT2D eigenvalue weighted by Gasteiger charge is -2.38. The van der Waals surface area contributed by atoms with Gasteiger partial charge in [0.1, 0.15) is 5.75 Å². The first-order chi connectivity index (χ1) is 14.6. The summed E-state index contributed by atoms with van der Waals surface area (Å²) in [5, 5.41) is 2.83. The van der Waals surface area contributed by atoms with Crippen LogP contribution >= 0.6 is 0 Å². The fourth-order valence-corrected chi connectivity index (χ4v) is 4.06. The van der Waals surface area contributed by atoms with Gasteiger partial charge in [-0.15, -0.1) is 0 Å². The molecule has 2 aliphatic rings. The van der Waals surface area contributed by atoms with Gasteiger partial charge in [0.05, 0.1) is 6.04 Å². The van der Waals surface area contributed by atoms with E-state index in [1.54, 1.807) is 0 Å². The van der Waals surface area contributed by atoms with E-state index in [1.807, 2.05) is 24.0 Å². The highest BCUT2D eigenvalue weighted by molar-refractivity contribution is 5.82. The van der Waals surface area contributed by atoms with Crippen LogP contribution in [0.4, 0.5) is 0 Å². The summed E-state index contributed by atoms with van der Waals surface area (Å²) in [5.74, 6) is 0.992. The lowest BCUT2D eigenvalue weighted by molar-refractivity contribution is -0.134. The van der Waals surface area contributed by atoms with Gasteiger partial charge in [0.15, 0.2) is 6.61 Å². The molecule has 30 heavy (non-hydrogen) atoms. The summed E-state index contributed by atoms with van der Waals surface area (Å²) in [6.07, 6.45) is 3.73. The number of ether oxygens (including phenoxy) is 1. The van der Waals surface area contributed by atoms with Gasteiger partial charge >= 0.3 is 0 Å². The van der Waals surface area contributed by atoms with E-state index in [9.17, 15) is 9.59 Å². The minimum absolute atomic E-state index is 0.00129. The first kappa shape index (κ1) is 20.5. The van der Waals surface area contributed by atoms with Gasteiger partial charge in [0.2, 0.25) is 5.91 Å². The van der Waals surface area contributed by atoms with Crippen molar-refractivity contribution in [3.8, 4) is 5.75 Å². The Morgan fingerprint density at radius 3 is 2.60 bits per heavy atom. The second-order valence-electron chi connectivity index (χ2n) is 8.37. The first-order valence-corrected chi connectivity index (χ1v) is 11.0. The topological polar surface area (TPSA) is 58.6 Å². The molecular formula is C25H30N2O3. The van der Waals surface area contributed by atoms with Crippen LogP contribution in [0.2, 0.25) is 0 Å². The molecule has 1 fully saturated rings. The molecule has 0 spiro atoms. The molecule has 5 heteroatoms. The van der Waals surface area contributed by atoms with E-state index in [4.69, 9.17) is 4.74 Å². The van der Waals surface area contributed by atoms with E-state index in [2.05, 4.69) is 42.6 Å². The Hall–Kier alpha value is -2.82. The molecule has 0 bridgehead atoms. The highest BCUT2D eigenvalue weighted by Crippen LogP contribution is 2.41. The molecule has 2 amide bonds. The van der Waals surface area contributed by atoms with Crippen LogP contribution in [0.3, 0.4) is 0 Å². The molecule has 1 atom stereocenters. The van der Waals surface area contributed by atoms with Gasteiger partial charge in [-0.25, -0.2) is 0 Å². The van der Waals surface area contributed by atoms with Crippen LogP contribution in [0.5, 0.6) is 5.75 Å². The van der Waals surface area contributed by atoms with Crippen LogP contribution in [0, 0.1) is 12.8 Å². The van der Waals surface area contributed by atoms with Crippen LogP contribution in [0.1, 0.15) is 54.5 Å². The van der Waals surface area contributed by atoms with Gasteiger partial charge in [-0.3, -0.25) is 9.59 Å². The van der Waals surface area contributed by atoms with Gasteiger partial charge in [0.25, 0.3) is 5.91 Å². The molecule has 0 aromatic heterocycles. The molecule has 0 radical (unpaired) electrons. The van der Waals surface area contributed by atoms with Crippen molar-refractivity contribution in [1.82, 2.24) is 10.2 Å². The molecule has 0 unspecified atom stereocenters. The normalized spacial score (nSPS) is 17.9. The monoisotopic (exact) mass is 406 g/mol. The van der Waals surface area contributed by atoms with Gasteiger partial charge in [-0.05, 0) is 61.4 Å². The van der Waals surface area contributed by atoms with E-state index in [0.717, 1.165) is 43.4 Å². The summed E-state index contributed by atoms with van der Waals surface area (Å²) >= 11 is 0. The zero-order chi connectivity index (χ0) is 21.1. The van der Waals surface area contributed by atoms with Crippen molar-refractivity contribution in [2.45, 2.75) is 45.6 Å². The number of amides is 2. The van der Waals surface area contributed by atoms with Crippen molar-refractivity contribution >= 4 is 11.8 Å². The summed E-state index contributed by atoms with van der Waals surface area (Å²) in [6, 6.07) is 14.3. The maximum Gasteiger partial charge on any atom is 0.257 e. The molecule has 1 aliphatic carbocycles. The Labute approximate surface area is 178 Å². The van der Waals surface area contributed by atoms with Crippen molar-refractivity contribution in [2.75, 3.05) is 19.7 Å². The molecule has 2 aromatic carbocycles. The zero-order valence-corrected chi connectivity index (χ0v) is 17.8. The second kappa shape index (κ2) is 8.90. The standard InChI is InChI=1S/C25H30N2O3/c1-3-13-26-23(28)16-30-21-11-10-18-12-14-27(25(29)20-8-9-20)24(22(18)15-21)19-6-4-17(2)5-7-19/h4-7,10-11,15,20,24H,3,8-9,12-14,16H2,1-2H3,(H,26,28)/t24-/m1/s1. The first-order valence-electron chi connectivity index (χ1n) is 11.0. The van der Waals surface area contributed by atoms with Crippen LogP contribution in [0.25, 0.3) is 0 Å². The lowest BCUT2D eigenvalue weighted by Crippen LogP contribution is -2.41. The number of rotatable bonds is 7. The summed E-state index contributed by atoms with van der Waals surface area (Å²) in [6.45, 7) is 5.48. The largest absolute Gasteiger partial charge is 0.484 e. The molecule has 1 N–H and O–H groups in total. The summed E-state index contributed by atoms with van der Waals surface area (Å²) in [4.78, 5) is 27.0. The van der Waals surface area contributed by atoms with Gasteiger partial charge < -0.3 is 15.0 Å². The number of nitrogens with one attached hydrogen (secondary N) is 1. The van der Waals surface area contributed by atoms with Crippen LogP contribution in [0.15, 0.2) is 42.5 Å². The maximum absolute atomic E-state index is 13.1. The van der Waals surface area contributed by atoms with E-state index in [1.165, 1.54) is 11.1 Å². The molecule has 4 rings (SSSR count). The highest BCUT2D eigenvalue weighted by atomic mass is 16.5. The van der Waals surface area contributed by atoms with E-state index >= 15 is 0 Å². The van der Waals surface area contributed by atoms with Gasteiger partial charge in [0, 0.05) is 19.0 Å². The third-order valence-corrected chi connectivity index (χ3v) is 5.89. The number of aryl methyl sites for hydroxylation is 1. The Morgan fingerprint density at radius 1 is 1.13 bits per heavy atom. The van der Waals surface area contributed by atoms with Crippen molar-refractivity contribution < 1.29 is 14.3 Å². The predicted molar refractivity (Wildman–Crippen MR) is 116 cm³/mol. The minimum atomic E-state index is -0.116. The van der Waals surface area contributed by atoms with Gasteiger partial charge in [-0.1, -0.05) is 42.8 Å². The average molecular weight is 407 g/mol. The Bertz CT molecular complexity index is 918. The molecule has 1 aliphatic heterocycles. The van der Waals surface area contributed by atoms with E-state index in [-0.39, 0.29) is 30.4 Å². The molecule has 1 heterocycles. The fraction of sp³-hybridized carbons (Fsp3) is 0.440. The average Bonchev–Trinajstić information content (AvgIpc) is 3.61. The van der Waals surface area contributed by atoms with Crippen molar-refractivity contribution in [2.24, 2.45) is 5.92 Å². The maximum atomic E-state index is 13.1. The van der Waals surface area contributed by atoms with E-state index < -0.39 is 0 Å². The number of fused-ring (bicyclic) bond motifs is 1. The molecule has 1 saturated carbocycles. The fourth-order valence-electron chi connectivity index (χ4n) is 4.06. The second-order valence-corrected chi connectivity index (χ2v) is 8.37. The SMILES string of the molecule is CCCNC(=O)COc1ccc2c(c1)[C@@H](c1ccc(C)cc1)N(C(=O)C1CC1)CC2. The minimum Gasteiger partial charge on any atom is -0.484 e. The Balaban J connectivity index is 1.62. The third kappa shape index (κ3) is 4.50. The smallest absolute Gasteiger partial charge is 0.257 e. The number of hydrogen-bond donors (Lipinski definition) is 1. The quantitative estimate of drug-likeness (QED) is 0.761. The zero-order valence-electron chi connectivity index (χ0n) is 17.8. The predicted octanol–water partition coefficient (Wildman–Crippen LogP) is 3.78. The number of carbonyl (C=O) groups is 2. The molecule has 5 nitrogen and oxygen atoms in total. The number of hydrogen-bond acceptors (Lipinski definition) is 3. The van der Waals surface area contributed by atoms with Crippen molar-refractivity contribution in [3.63, 3.8) is 0 Å². The Kier molecular flexibility index (Phi) is 6.07. The third-order valence-electron chi connectivity index (χ3n) is 5.89. The van der Waals surface area contributed by atoms with Crippen molar-refractivity contribution in [3.05, 3.63) is 64.7 Å². The molecular weight excluding hydrogens is 376 g/mol. The highest BCUT2D eigenvalue weighted by Gasteiger charge is 2.39. The number of nitrogens with zero attached hydrogens (tertiary/aromatic N) is 1. The summed E-state index contributed by atoms with van der Waals surface area (Å²) in [5.41, 5.74) is 4.66. The van der Waals surface area contributed by atoms with E-state index in [0.29, 0.717) is 12.3 Å². The number of carbonyl (C=O) groups excluding carboxylic acids is 2. The van der Waals surface area contributed by atoms with Crippen molar-refractivity contribution in [1.29, 1.82) is 0 Å². The summed E-state index contributed by atoms with van der Waals surface area (Å²) < 4.78 is 5.77.